The normalized spacial score (nSPS) is 11.8. The molecule has 0 spiro atoms. The minimum Gasteiger partial charge on any atom is -0.454 e. The van der Waals surface area contributed by atoms with Crippen molar-refractivity contribution in [2.75, 3.05) is 0 Å². The highest BCUT2D eigenvalue weighted by atomic mass is 32.1. The SMILES string of the molecule is c1ccc(-c2ccc3sc4c(-c5ccccc5-c5cccc6oc7c8ccccc8n(-c8ccccc8)c7c56)cccc4c3c2)cc1.c1ccc(-c2cccc3c2sc2cccc(-c4ccccc4-c4cccc5oc6c7ccccc7n(-c7ccccc7)c6c45)c23)cc1. The van der Waals surface area contributed by atoms with Crippen LogP contribution in [0.25, 0.3) is 184 Å². The molecule has 0 aliphatic carbocycles. The van der Waals surface area contributed by atoms with Crippen molar-refractivity contribution in [1.82, 2.24) is 9.13 Å². The molecule has 0 saturated carbocycles. The molecular weight excluding hydrogens is 1180 g/mol. The highest BCUT2D eigenvalue weighted by Crippen LogP contribution is 2.51. The molecule has 0 aliphatic heterocycles. The van der Waals surface area contributed by atoms with Crippen LogP contribution in [0.2, 0.25) is 0 Å². The molecule has 440 valence electrons. The average molecular weight is 1240 g/mol. The van der Waals surface area contributed by atoms with Crippen molar-refractivity contribution in [3.8, 4) is 78.1 Å². The third kappa shape index (κ3) is 8.51. The molecule has 0 fully saturated rings. The van der Waals surface area contributed by atoms with Gasteiger partial charge in [-0.05, 0) is 140 Å². The van der Waals surface area contributed by atoms with Crippen LogP contribution in [-0.4, -0.2) is 9.13 Å². The molecule has 0 radical (unpaired) electrons. The Bertz CT molecular complexity index is 6340. The Hall–Kier alpha value is -11.8. The van der Waals surface area contributed by atoms with E-state index in [4.69, 9.17) is 8.83 Å². The van der Waals surface area contributed by atoms with Gasteiger partial charge in [-0.25, -0.2) is 0 Å². The standard InChI is InChI=1S/2C44H27NOS/c1-3-14-28(15-4-1)30-21-11-24-36-40-33(23-13-27-39(40)47-44(30)36)31-18-7-8-19-32(31)34-22-12-26-38-41(34)42-43(46-38)35-20-9-10-25-37(35)45(42)29-16-5-2-6-17-29;1-3-13-28(14-4-1)29-25-26-40-37(27-29)35-22-11-21-34(44(35)47-40)32-18-8-7-17-31(32)33-20-12-24-39-41(33)42-43(46-39)36-19-9-10-23-38(36)45(42)30-15-5-2-6-16-30/h2*1-27H. The Morgan fingerprint density at radius 3 is 1.19 bits per heavy atom. The molecule has 0 aliphatic rings. The molecule has 0 bridgehead atoms. The van der Waals surface area contributed by atoms with Crippen LogP contribution < -0.4 is 0 Å². The van der Waals surface area contributed by atoms with E-state index in [0.29, 0.717) is 0 Å². The zero-order chi connectivity index (χ0) is 61.8. The van der Waals surface area contributed by atoms with Crippen LogP contribution in [0.1, 0.15) is 0 Å². The molecule has 0 N–H and O–H groups in total. The summed E-state index contributed by atoms with van der Waals surface area (Å²) in [4.78, 5) is 0. The van der Waals surface area contributed by atoms with Gasteiger partial charge >= 0.3 is 0 Å². The zero-order valence-electron chi connectivity index (χ0n) is 50.7. The van der Waals surface area contributed by atoms with Crippen molar-refractivity contribution in [2.45, 2.75) is 0 Å². The van der Waals surface area contributed by atoms with E-state index in [1.165, 1.54) is 107 Å². The summed E-state index contributed by atoms with van der Waals surface area (Å²) in [5.41, 5.74) is 25.0. The summed E-state index contributed by atoms with van der Waals surface area (Å²) in [6.45, 7) is 0. The first-order valence-corrected chi connectivity index (χ1v) is 33.5. The monoisotopic (exact) mass is 1230 g/mol. The van der Waals surface area contributed by atoms with Gasteiger partial charge in [0, 0.05) is 68.1 Å². The van der Waals surface area contributed by atoms with E-state index in [9.17, 15) is 0 Å². The number of fused-ring (bicyclic) bond motifs is 16. The van der Waals surface area contributed by atoms with Crippen LogP contribution in [-0.2, 0) is 0 Å². The highest BCUT2D eigenvalue weighted by molar-refractivity contribution is 7.26. The number of hydrogen-bond acceptors (Lipinski definition) is 4. The number of benzene rings is 14. The average Bonchev–Trinajstić information content (AvgIpc) is 1.66. The zero-order valence-corrected chi connectivity index (χ0v) is 52.3. The lowest BCUT2D eigenvalue weighted by Crippen LogP contribution is -1.94. The molecule has 0 saturated heterocycles. The molecule has 0 unspecified atom stereocenters. The molecule has 6 heteroatoms. The number of nitrogens with zero attached hydrogens (tertiary/aromatic N) is 2. The second kappa shape index (κ2) is 22.0. The van der Waals surface area contributed by atoms with Crippen LogP contribution in [0.3, 0.4) is 0 Å². The van der Waals surface area contributed by atoms with Gasteiger partial charge in [0.25, 0.3) is 0 Å². The fourth-order valence-electron chi connectivity index (χ4n) is 14.8. The molecule has 0 amide bonds. The Morgan fingerprint density at radius 2 is 0.628 bits per heavy atom. The van der Waals surface area contributed by atoms with Crippen molar-refractivity contribution in [3.63, 3.8) is 0 Å². The summed E-state index contributed by atoms with van der Waals surface area (Å²) in [5, 5.41) is 9.69. The van der Waals surface area contributed by atoms with E-state index in [0.717, 1.165) is 77.3 Å². The number of rotatable bonds is 8. The smallest absolute Gasteiger partial charge is 0.161 e. The van der Waals surface area contributed by atoms with Gasteiger partial charge in [0.1, 0.15) is 22.2 Å². The molecular formula is C88H54N2O2S2. The van der Waals surface area contributed by atoms with Gasteiger partial charge in [-0.15, -0.1) is 22.7 Å². The van der Waals surface area contributed by atoms with Crippen LogP contribution in [0.4, 0.5) is 0 Å². The quantitative estimate of drug-likeness (QED) is 0.152. The first-order valence-electron chi connectivity index (χ1n) is 31.9. The fourth-order valence-corrected chi connectivity index (χ4v) is 17.3. The minimum atomic E-state index is 0.893. The van der Waals surface area contributed by atoms with Gasteiger partial charge in [0.05, 0.1) is 21.8 Å². The Morgan fingerprint density at radius 1 is 0.234 bits per heavy atom. The Balaban J connectivity index is 0.000000133. The molecule has 20 aromatic rings. The lowest BCUT2D eigenvalue weighted by molar-refractivity contribution is 0.672. The van der Waals surface area contributed by atoms with Crippen molar-refractivity contribution in [2.24, 2.45) is 0 Å². The molecule has 6 heterocycles. The summed E-state index contributed by atoms with van der Waals surface area (Å²) in [5.74, 6) is 0. The Kier molecular flexibility index (Phi) is 12.6. The number of furan rings is 2. The predicted octanol–water partition coefficient (Wildman–Crippen LogP) is 25.8. The van der Waals surface area contributed by atoms with Gasteiger partial charge in [0.2, 0.25) is 0 Å². The summed E-state index contributed by atoms with van der Waals surface area (Å²) in [6.07, 6.45) is 0. The van der Waals surface area contributed by atoms with Crippen LogP contribution in [0.15, 0.2) is 336 Å². The van der Waals surface area contributed by atoms with Crippen LogP contribution >= 0.6 is 22.7 Å². The van der Waals surface area contributed by atoms with E-state index < -0.39 is 0 Å². The minimum absolute atomic E-state index is 0.893. The first-order chi connectivity index (χ1) is 46.7. The molecule has 6 aromatic heterocycles. The van der Waals surface area contributed by atoms with Gasteiger partial charge in [-0.1, -0.05) is 249 Å². The van der Waals surface area contributed by atoms with E-state index in [-0.39, 0.29) is 0 Å². The fraction of sp³-hybridized carbons (Fsp3) is 0. The summed E-state index contributed by atoms with van der Waals surface area (Å²) >= 11 is 3.76. The Labute approximate surface area is 548 Å². The summed E-state index contributed by atoms with van der Waals surface area (Å²) in [7, 11) is 0. The topological polar surface area (TPSA) is 36.1 Å². The van der Waals surface area contributed by atoms with Gasteiger partial charge < -0.3 is 18.0 Å². The first kappa shape index (κ1) is 54.0. The second-order valence-corrected chi connectivity index (χ2v) is 26.2. The highest BCUT2D eigenvalue weighted by Gasteiger charge is 2.26. The van der Waals surface area contributed by atoms with E-state index in [1.54, 1.807) is 0 Å². The van der Waals surface area contributed by atoms with E-state index in [2.05, 4.69) is 337 Å². The third-order valence-corrected chi connectivity index (χ3v) is 21.3. The number of para-hydroxylation sites is 4. The van der Waals surface area contributed by atoms with Crippen molar-refractivity contribution in [3.05, 3.63) is 328 Å². The molecule has 14 aromatic carbocycles. The largest absolute Gasteiger partial charge is 0.454 e. The van der Waals surface area contributed by atoms with Crippen LogP contribution in [0.5, 0.6) is 0 Å². The summed E-state index contributed by atoms with van der Waals surface area (Å²) < 4.78 is 23.4. The van der Waals surface area contributed by atoms with E-state index >= 15 is 0 Å². The van der Waals surface area contributed by atoms with E-state index in [1.807, 2.05) is 22.7 Å². The predicted molar refractivity (Wildman–Crippen MR) is 400 cm³/mol. The maximum Gasteiger partial charge on any atom is 0.161 e. The van der Waals surface area contributed by atoms with Crippen molar-refractivity contribution >= 4 is 129 Å². The molecule has 20 rings (SSSR count). The summed E-state index contributed by atoms with van der Waals surface area (Å²) in [6, 6.07) is 117. The third-order valence-electron chi connectivity index (χ3n) is 18.9. The van der Waals surface area contributed by atoms with Crippen LogP contribution in [0, 0.1) is 0 Å². The lowest BCUT2D eigenvalue weighted by Gasteiger charge is -2.14. The van der Waals surface area contributed by atoms with Crippen molar-refractivity contribution in [1.29, 1.82) is 0 Å². The number of hydrogen-bond donors (Lipinski definition) is 0. The van der Waals surface area contributed by atoms with Gasteiger partial charge in [-0.3, -0.25) is 0 Å². The molecule has 0 atom stereocenters. The van der Waals surface area contributed by atoms with Gasteiger partial charge in [-0.2, -0.15) is 0 Å². The molecule has 4 nitrogen and oxygen atoms in total. The number of thiophene rings is 2. The number of aromatic nitrogens is 2. The lowest BCUT2D eigenvalue weighted by atomic mass is 9.90. The maximum atomic E-state index is 6.73. The second-order valence-electron chi connectivity index (χ2n) is 24.1. The van der Waals surface area contributed by atoms with Gasteiger partial charge in [0.15, 0.2) is 11.2 Å². The maximum absolute atomic E-state index is 6.73. The van der Waals surface area contributed by atoms with Crippen molar-refractivity contribution < 1.29 is 8.83 Å². The molecule has 94 heavy (non-hydrogen) atoms.